The average molecular weight is 525 g/mol. The summed E-state index contributed by atoms with van der Waals surface area (Å²) >= 11 is 6.06. The smallest absolute Gasteiger partial charge is 0.272 e. The highest BCUT2D eigenvalue weighted by Gasteiger charge is 2.20. The largest absolute Gasteiger partial charge is 0.463 e. The van der Waals surface area contributed by atoms with Crippen molar-refractivity contribution in [3.05, 3.63) is 116 Å². The van der Waals surface area contributed by atoms with Gasteiger partial charge in [0.1, 0.15) is 5.75 Å². The molecule has 8 nitrogen and oxygen atoms in total. The molecule has 0 radical (unpaired) electrons. The Morgan fingerprint density at radius 1 is 1.14 bits per heavy atom. The summed E-state index contributed by atoms with van der Waals surface area (Å²) in [7, 11) is 1.57. The molecular formula is C27H26ClFN4O4. The maximum Gasteiger partial charge on any atom is 0.272 e. The Kier molecular flexibility index (Phi) is 8.71. The first kappa shape index (κ1) is 26.1. The molecule has 1 amide bonds. The van der Waals surface area contributed by atoms with Gasteiger partial charge in [-0.05, 0) is 35.4 Å². The van der Waals surface area contributed by atoms with Crippen LogP contribution in [0.3, 0.4) is 0 Å². The highest BCUT2D eigenvalue weighted by molar-refractivity contribution is 6.30. The van der Waals surface area contributed by atoms with Crippen LogP contribution >= 0.6 is 11.6 Å². The van der Waals surface area contributed by atoms with Crippen LogP contribution in [-0.2, 0) is 30.9 Å². The summed E-state index contributed by atoms with van der Waals surface area (Å²) in [5.41, 5.74) is 4.06. The summed E-state index contributed by atoms with van der Waals surface area (Å²) in [6.45, 7) is -0.194. The number of methoxy groups -OCH3 is 1. The van der Waals surface area contributed by atoms with E-state index in [1.165, 1.54) is 6.07 Å². The molecule has 37 heavy (non-hydrogen) atoms. The number of halogens is 2. The lowest BCUT2D eigenvalue weighted by Gasteiger charge is -2.11. The molecule has 0 aliphatic carbocycles. The molecule has 0 saturated heterocycles. The van der Waals surface area contributed by atoms with E-state index < -0.39 is 12.8 Å². The number of H-pyrrole nitrogens is 1. The number of amides is 1. The molecule has 192 valence electrons. The predicted molar refractivity (Wildman–Crippen MR) is 138 cm³/mol. The van der Waals surface area contributed by atoms with Crippen molar-refractivity contribution in [3.8, 4) is 5.75 Å². The number of pyridine rings is 1. The third-order valence-electron chi connectivity index (χ3n) is 5.78. The Hall–Kier alpha value is -3.95. The molecule has 2 aromatic carbocycles. The number of ether oxygens (including phenoxy) is 2. The molecule has 0 fully saturated rings. The van der Waals surface area contributed by atoms with Gasteiger partial charge in [0.2, 0.25) is 6.86 Å². The second-order valence-electron chi connectivity index (χ2n) is 8.31. The SMILES string of the molecule is COCc1[nH]nc(C(=O)NCc2cc(Cl)ccc2OCF)c1Cc1ccc(Cn2ccccc2=O)cc1. The molecule has 0 aliphatic heterocycles. The lowest BCUT2D eigenvalue weighted by atomic mass is 10.0. The van der Waals surface area contributed by atoms with Crippen LogP contribution < -0.4 is 15.6 Å². The molecular weight excluding hydrogens is 499 g/mol. The van der Waals surface area contributed by atoms with Crippen molar-refractivity contribution in [2.24, 2.45) is 0 Å². The second kappa shape index (κ2) is 12.3. The molecule has 0 bridgehead atoms. The number of hydrogen-bond acceptors (Lipinski definition) is 5. The van der Waals surface area contributed by atoms with Crippen molar-refractivity contribution in [2.45, 2.75) is 26.1 Å². The van der Waals surface area contributed by atoms with E-state index in [1.807, 2.05) is 30.3 Å². The van der Waals surface area contributed by atoms with E-state index in [0.29, 0.717) is 40.6 Å². The highest BCUT2D eigenvalue weighted by atomic mass is 35.5. The fraction of sp³-hybridized carbons (Fsp3) is 0.222. The first-order chi connectivity index (χ1) is 18.0. The van der Waals surface area contributed by atoms with E-state index in [1.54, 1.807) is 42.1 Å². The number of nitrogens with zero attached hydrogens (tertiary/aromatic N) is 2. The van der Waals surface area contributed by atoms with E-state index in [0.717, 1.165) is 11.1 Å². The Bertz CT molecular complexity index is 1420. The number of benzene rings is 2. The Balaban J connectivity index is 1.50. The van der Waals surface area contributed by atoms with Gasteiger partial charge in [0, 0.05) is 48.5 Å². The van der Waals surface area contributed by atoms with Gasteiger partial charge in [-0.3, -0.25) is 14.7 Å². The molecule has 2 N–H and O–H groups in total. The monoisotopic (exact) mass is 524 g/mol. The topological polar surface area (TPSA) is 98.2 Å². The van der Waals surface area contributed by atoms with Gasteiger partial charge < -0.3 is 19.4 Å². The maximum absolute atomic E-state index is 13.1. The van der Waals surface area contributed by atoms with Crippen molar-refractivity contribution in [1.29, 1.82) is 0 Å². The molecule has 0 atom stereocenters. The molecule has 2 heterocycles. The zero-order valence-corrected chi connectivity index (χ0v) is 20.9. The standard InChI is InChI=1S/C27H26ClFN4O4/c1-36-16-23-22(12-18-5-7-19(8-6-18)15-33-11-3-2-4-25(33)34)26(32-31-23)27(35)30-14-20-13-21(28)9-10-24(20)37-17-29/h2-11,13H,12,14-17H2,1H3,(H,30,35)(H,31,32). The number of aromatic nitrogens is 3. The minimum Gasteiger partial charge on any atom is -0.463 e. The van der Waals surface area contributed by atoms with Gasteiger partial charge in [0.25, 0.3) is 11.5 Å². The summed E-state index contributed by atoms with van der Waals surface area (Å²) in [4.78, 5) is 25.1. The molecule has 0 saturated carbocycles. The summed E-state index contributed by atoms with van der Waals surface area (Å²) in [5, 5.41) is 10.4. The summed E-state index contributed by atoms with van der Waals surface area (Å²) in [5.74, 6) is -0.104. The predicted octanol–water partition coefficient (Wildman–Crippen LogP) is 4.25. The van der Waals surface area contributed by atoms with Crippen molar-refractivity contribution < 1.29 is 18.7 Å². The number of carbonyl (C=O) groups is 1. The fourth-order valence-electron chi connectivity index (χ4n) is 3.94. The van der Waals surface area contributed by atoms with E-state index >= 15 is 0 Å². The van der Waals surface area contributed by atoms with Crippen molar-refractivity contribution in [2.75, 3.05) is 14.0 Å². The number of alkyl halides is 1. The van der Waals surface area contributed by atoms with E-state index in [2.05, 4.69) is 15.5 Å². The van der Waals surface area contributed by atoms with Crippen LogP contribution in [0.1, 0.15) is 38.4 Å². The number of hydrogen-bond donors (Lipinski definition) is 2. The normalized spacial score (nSPS) is 10.9. The third-order valence-corrected chi connectivity index (χ3v) is 6.02. The molecule has 10 heteroatoms. The van der Waals surface area contributed by atoms with Crippen LogP contribution in [0.25, 0.3) is 0 Å². The number of rotatable bonds is 11. The van der Waals surface area contributed by atoms with Crippen LogP contribution in [0.15, 0.2) is 71.7 Å². The van der Waals surface area contributed by atoms with Crippen LogP contribution in [-0.4, -0.2) is 34.6 Å². The minimum absolute atomic E-state index is 0.0639. The Labute approximate surface area is 218 Å². The van der Waals surface area contributed by atoms with Gasteiger partial charge in [-0.15, -0.1) is 0 Å². The molecule has 0 spiro atoms. The first-order valence-electron chi connectivity index (χ1n) is 11.5. The van der Waals surface area contributed by atoms with E-state index in [-0.39, 0.29) is 24.4 Å². The summed E-state index contributed by atoms with van der Waals surface area (Å²) in [6.07, 6.45) is 2.19. The average Bonchev–Trinajstić information content (AvgIpc) is 3.29. The second-order valence-corrected chi connectivity index (χ2v) is 8.75. The zero-order valence-electron chi connectivity index (χ0n) is 20.2. The molecule has 0 aliphatic rings. The lowest BCUT2D eigenvalue weighted by molar-refractivity contribution is 0.0944. The van der Waals surface area contributed by atoms with Gasteiger partial charge >= 0.3 is 0 Å². The molecule has 4 rings (SSSR count). The van der Waals surface area contributed by atoms with Crippen molar-refractivity contribution >= 4 is 17.5 Å². The maximum atomic E-state index is 13.1. The summed E-state index contributed by atoms with van der Waals surface area (Å²) < 4.78 is 24.6. The van der Waals surface area contributed by atoms with Crippen LogP contribution in [0.2, 0.25) is 5.02 Å². The fourth-order valence-corrected chi connectivity index (χ4v) is 4.14. The number of nitrogens with one attached hydrogen (secondary N) is 2. The van der Waals surface area contributed by atoms with Crippen LogP contribution in [0.5, 0.6) is 5.75 Å². The number of carbonyl (C=O) groups excluding carboxylic acids is 1. The molecule has 0 unspecified atom stereocenters. The van der Waals surface area contributed by atoms with Crippen LogP contribution in [0.4, 0.5) is 4.39 Å². The van der Waals surface area contributed by atoms with Gasteiger partial charge in [0.05, 0.1) is 18.8 Å². The van der Waals surface area contributed by atoms with Crippen LogP contribution in [0, 0.1) is 0 Å². The quantitative estimate of drug-likeness (QED) is 0.306. The first-order valence-corrected chi connectivity index (χ1v) is 11.9. The van der Waals surface area contributed by atoms with Gasteiger partial charge in [0.15, 0.2) is 5.69 Å². The lowest BCUT2D eigenvalue weighted by Crippen LogP contribution is -2.24. The summed E-state index contributed by atoms with van der Waals surface area (Å²) in [6, 6.07) is 17.6. The van der Waals surface area contributed by atoms with Gasteiger partial charge in [-0.1, -0.05) is 41.9 Å². The third kappa shape index (κ3) is 6.63. The minimum atomic E-state index is -0.993. The zero-order chi connectivity index (χ0) is 26.2. The number of aromatic amines is 1. The van der Waals surface area contributed by atoms with Crippen molar-refractivity contribution in [1.82, 2.24) is 20.1 Å². The molecule has 4 aromatic rings. The Morgan fingerprint density at radius 3 is 2.65 bits per heavy atom. The van der Waals surface area contributed by atoms with Gasteiger partial charge in [-0.2, -0.15) is 5.10 Å². The van der Waals surface area contributed by atoms with Gasteiger partial charge in [-0.25, -0.2) is 4.39 Å². The van der Waals surface area contributed by atoms with E-state index in [4.69, 9.17) is 21.1 Å². The van der Waals surface area contributed by atoms with Crippen molar-refractivity contribution in [3.63, 3.8) is 0 Å². The Morgan fingerprint density at radius 2 is 1.92 bits per heavy atom. The molecule has 2 aromatic heterocycles. The highest BCUT2D eigenvalue weighted by Crippen LogP contribution is 2.24. The van der Waals surface area contributed by atoms with E-state index in [9.17, 15) is 14.0 Å².